The quantitative estimate of drug-likeness (QED) is 0.670. The first kappa shape index (κ1) is 14.5. The van der Waals surface area contributed by atoms with E-state index in [2.05, 4.69) is 59.2 Å². The Kier molecular flexibility index (Phi) is 5.26. The van der Waals surface area contributed by atoms with Gasteiger partial charge in [0.25, 0.3) is 0 Å². The fraction of sp³-hybridized carbons (Fsp3) is 0.167. The third-order valence-corrected chi connectivity index (χ3v) is 6.33. The molecule has 0 aliphatic rings. The normalized spacial score (nSPS) is 12.4. The zero-order valence-corrected chi connectivity index (χ0v) is 14.9. The van der Waals surface area contributed by atoms with Gasteiger partial charge in [-0.15, -0.1) is 11.3 Å². The van der Waals surface area contributed by atoms with Crippen LogP contribution in [0.25, 0.3) is 0 Å². The van der Waals surface area contributed by atoms with E-state index in [1.54, 1.807) is 11.3 Å². The van der Waals surface area contributed by atoms with Crippen LogP contribution in [0.15, 0.2) is 43.1 Å². The van der Waals surface area contributed by atoms with Gasteiger partial charge in [-0.25, -0.2) is 0 Å². The standard InChI is InChI=1S/C12H11Br3N2S/c13-7-1-3-8(4-2-7)17-10(6-16)11-5-9(14)12(15)18-11/h1-5,10,17H,6,16H2. The Labute approximate surface area is 135 Å². The lowest BCUT2D eigenvalue weighted by Gasteiger charge is -2.16. The summed E-state index contributed by atoms with van der Waals surface area (Å²) in [4.78, 5) is 1.21. The van der Waals surface area contributed by atoms with Crippen molar-refractivity contribution >= 4 is 64.8 Å². The zero-order valence-electron chi connectivity index (χ0n) is 9.29. The predicted molar refractivity (Wildman–Crippen MR) is 89.3 cm³/mol. The van der Waals surface area contributed by atoms with Crippen LogP contribution in [0.5, 0.6) is 0 Å². The minimum atomic E-state index is 0.124. The van der Waals surface area contributed by atoms with Crippen LogP contribution in [-0.4, -0.2) is 6.54 Å². The van der Waals surface area contributed by atoms with Gasteiger partial charge >= 0.3 is 0 Å². The Hall–Kier alpha value is 0.120. The first-order valence-corrected chi connectivity index (χ1v) is 8.46. The number of halogens is 3. The van der Waals surface area contributed by atoms with E-state index in [-0.39, 0.29) is 6.04 Å². The maximum Gasteiger partial charge on any atom is 0.0844 e. The van der Waals surface area contributed by atoms with Crippen LogP contribution in [0.4, 0.5) is 5.69 Å². The zero-order chi connectivity index (χ0) is 13.1. The SMILES string of the molecule is NCC(Nc1ccc(Br)cc1)c1cc(Br)c(Br)s1. The second-order valence-electron chi connectivity index (χ2n) is 3.71. The molecular formula is C12H11Br3N2S. The number of hydrogen-bond donors (Lipinski definition) is 2. The molecule has 18 heavy (non-hydrogen) atoms. The summed E-state index contributed by atoms with van der Waals surface area (Å²) < 4.78 is 3.23. The summed E-state index contributed by atoms with van der Waals surface area (Å²) >= 11 is 12.1. The molecule has 0 radical (unpaired) electrons. The van der Waals surface area contributed by atoms with E-state index in [0.717, 1.165) is 18.4 Å². The summed E-state index contributed by atoms with van der Waals surface area (Å²) in [7, 11) is 0. The molecule has 0 saturated heterocycles. The van der Waals surface area contributed by atoms with Gasteiger partial charge in [0.05, 0.1) is 9.83 Å². The lowest BCUT2D eigenvalue weighted by atomic mass is 10.2. The number of anilines is 1. The lowest BCUT2D eigenvalue weighted by Crippen LogP contribution is -2.19. The molecule has 2 rings (SSSR count). The largest absolute Gasteiger partial charge is 0.376 e. The highest BCUT2D eigenvalue weighted by molar-refractivity contribution is 9.13. The van der Waals surface area contributed by atoms with E-state index < -0.39 is 0 Å². The van der Waals surface area contributed by atoms with Crippen LogP contribution in [-0.2, 0) is 0 Å². The van der Waals surface area contributed by atoms with Crippen LogP contribution in [0.1, 0.15) is 10.9 Å². The summed E-state index contributed by atoms with van der Waals surface area (Å²) in [5.74, 6) is 0. The molecule has 0 aliphatic heterocycles. The van der Waals surface area contributed by atoms with E-state index in [1.807, 2.05) is 24.3 Å². The van der Waals surface area contributed by atoms with Gasteiger partial charge in [0.2, 0.25) is 0 Å². The number of hydrogen-bond acceptors (Lipinski definition) is 3. The first-order chi connectivity index (χ1) is 8.60. The topological polar surface area (TPSA) is 38.0 Å². The summed E-state index contributed by atoms with van der Waals surface area (Å²) in [6.45, 7) is 0.551. The van der Waals surface area contributed by atoms with Crippen molar-refractivity contribution < 1.29 is 0 Å². The molecular weight excluding hydrogens is 444 g/mol. The molecule has 1 heterocycles. The lowest BCUT2D eigenvalue weighted by molar-refractivity contribution is 0.805. The molecule has 2 nitrogen and oxygen atoms in total. The molecule has 96 valence electrons. The molecule has 0 amide bonds. The van der Waals surface area contributed by atoms with Crippen molar-refractivity contribution in [3.63, 3.8) is 0 Å². The highest BCUT2D eigenvalue weighted by Gasteiger charge is 2.14. The van der Waals surface area contributed by atoms with Crippen molar-refractivity contribution in [3.8, 4) is 0 Å². The molecule has 1 aromatic heterocycles. The van der Waals surface area contributed by atoms with Gasteiger partial charge in [-0.05, 0) is 62.2 Å². The molecule has 3 N–H and O–H groups in total. The molecule has 0 fully saturated rings. The van der Waals surface area contributed by atoms with Crippen molar-refractivity contribution in [1.82, 2.24) is 0 Å². The Morgan fingerprint density at radius 3 is 2.33 bits per heavy atom. The van der Waals surface area contributed by atoms with Crippen molar-refractivity contribution in [2.75, 3.05) is 11.9 Å². The summed E-state index contributed by atoms with van der Waals surface area (Å²) in [5.41, 5.74) is 6.91. The average molecular weight is 455 g/mol. The molecule has 1 atom stereocenters. The number of rotatable bonds is 4. The number of thiophene rings is 1. The molecule has 2 aromatic rings. The van der Waals surface area contributed by atoms with Crippen LogP contribution in [0.3, 0.4) is 0 Å². The van der Waals surface area contributed by atoms with E-state index in [4.69, 9.17) is 5.73 Å². The van der Waals surface area contributed by atoms with Gasteiger partial charge in [-0.3, -0.25) is 0 Å². The second-order valence-corrected chi connectivity index (χ2v) is 7.88. The molecule has 0 bridgehead atoms. The van der Waals surface area contributed by atoms with Crippen LogP contribution in [0, 0.1) is 0 Å². The predicted octanol–water partition coefficient (Wildman–Crippen LogP) is 5.15. The Morgan fingerprint density at radius 1 is 1.17 bits per heavy atom. The van der Waals surface area contributed by atoms with Gasteiger partial charge in [-0.2, -0.15) is 0 Å². The van der Waals surface area contributed by atoms with Gasteiger partial charge in [0.1, 0.15) is 0 Å². The van der Waals surface area contributed by atoms with Gasteiger partial charge < -0.3 is 11.1 Å². The summed E-state index contributed by atoms with van der Waals surface area (Å²) in [5, 5.41) is 3.44. The number of benzene rings is 1. The third kappa shape index (κ3) is 3.57. The average Bonchev–Trinajstić information content (AvgIpc) is 2.69. The van der Waals surface area contributed by atoms with E-state index in [0.29, 0.717) is 6.54 Å². The van der Waals surface area contributed by atoms with E-state index in [9.17, 15) is 0 Å². The molecule has 1 unspecified atom stereocenters. The Morgan fingerprint density at radius 2 is 1.83 bits per heavy atom. The first-order valence-electron chi connectivity index (χ1n) is 5.27. The maximum atomic E-state index is 5.85. The fourth-order valence-corrected chi connectivity index (χ4v) is 3.95. The smallest absolute Gasteiger partial charge is 0.0844 e. The fourth-order valence-electron chi connectivity index (χ4n) is 1.53. The summed E-state index contributed by atoms with van der Waals surface area (Å²) in [6.07, 6.45) is 0. The molecule has 0 aliphatic carbocycles. The maximum absolute atomic E-state index is 5.85. The highest BCUT2D eigenvalue weighted by Crippen LogP contribution is 2.36. The van der Waals surface area contributed by atoms with Crippen molar-refractivity contribution in [1.29, 1.82) is 0 Å². The van der Waals surface area contributed by atoms with E-state index >= 15 is 0 Å². The number of nitrogens with one attached hydrogen (secondary N) is 1. The highest BCUT2D eigenvalue weighted by atomic mass is 79.9. The van der Waals surface area contributed by atoms with E-state index in [1.165, 1.54) is 4.88 Å². The van der Waals surface area contributed by atoms with Gasteiger partial charge in [-0.1, -0.05) is 15.9 Å². The van der Waals surface area contributed by atoms with Crippen LogP contribution in [0.2, 0.25) is 0 Å². The Balaban J connectivity index is 2.16. The summed E-state index contributed by atoms with van der Waals surface area (Å²) in [6, 6.07) is 10.3. The van der Waals surface area contributed by atoms with Crippen molar-refractivity contribution in [2.24, 2.45) is 5.73 Å². The molecule has 6 heteroatoms. The monoisotopic (exact) mass is 452 g/mol. The van der Waals surface area contributed by atoms with Crippen LogP contribution >= 0.6 is 59.1 Å². The Bertz CT molecular complexity index is 505. The minimum absolute atomic E-state index is 0.124. The minimum Gasteiger partial charge on any atom is -0.376 e. The second kappa shape index (κ2) is 6.52. The molecule has 0 spiro atoms. The van der Waals surface area contributed by atoms with Crippen LogP contribution < -0.4 is 11.1 Å². The number of nitrogens with two attached hydrogens (primary N) is 1. The van der Waals surface area contributed by atoms with Crippen molar-refractivity contribution in [2.45, 2.75) is 6.04 Å². The third-order valence-electron chi connectivity index (χ3n) is 2.43. The van der Waals surface area contributed by atoms with Gasteiger partial charge in [0, 0.05) is 26.1 Å². The molecule has 0 saturated carbocycles. The van der Waals surface area contributed by atoms with Crippen molar-refractivity contribution in [3.05, 3.63) is 47.9 Å². The van der Waals surface area contributed by atoms with Gasteiger partial charge in [0.15, 0.2) is 0 Å². The molecule has 1 aromatic carbocycles.